The van der Waals surface area contributed by atoms with Crippen LogP contribution in [0.15, 0.2) is 41.2 Å². The second-order valence-electron chi connectivity index (χ2n) is 4.64. The first-order valence-electron chi connectivity index (χ1n) is 5.53. The van der Waals surface area contributed by atoms with E-state index in [0.717, 1.165) is 5.56 Å². The molecule has 0 bridgehead atoms. The number of nitrogens with zero attached hydrogens (tertiary/aromatic N) is 1. The van der Waals surface area contributed by atoms with E-state index in [0.29, 0.717) is 12.2 Å². The fourth-order valence-corrected chi connectivity index (χ4v) is 1.63. The Morgan fingerprint density at radius 1 is 1.29 bits per heavy atom. The minimum Gasteiger partial charge on any atom is -0.384 e. The number of aliphatic hydroxyl groups is 1. The molecule has 0 radical (unpaired) electrons. The standard InChI is InChI=1S/C13H16N2O2/c1-13(2,17)11-8-12(16)15(14-11)9-10-6-4-3-5-7-10/h3-8,14,17H,9H2,1-2H3. The van der Waals surface area contributed by atoms with Gasteiger partial charge in [-0.3, -0.25) is 9.89 Å². The lowest BCUT2D eigenvalue weighted by atomic mass is 10.1. The smallest absolute Gasteiger partial charge is 0.267 e. The van der Waals surface area contributed by atoms with Crippen molar-refractivity contribution in [1.82, 2.24) is 9.78 Å². The van der Waals surface area contributed by atoms with Gasteiger partial charge in [-0.05, 0) is 19.4 Å². The van der Waals surface area contributed by atoms with Gasteiger partial charge in [0.1, 0.15) is 5.60 Å². The average molecular weight is 232 g/mol. The van der Waals surface area contributed by atoms with E-state index >= 15 is 0 Å². The van der Waals surface area contributed by atoms with Gasteiger partial charge in [0.25, 0.3) is 5.56 Å². The number of benzene rings is 1. The number of rotatable bonds is 3. The van der Waals surface area contributed by atoms with Crippen LogP contribution in [0.2, 0.25) is 0 Å². The number of aromatic nitrogens is 2. The van der Waals surface area contributed by atoms with E-state index in [4.69, 9.17) is 0 Å². The summed E-state index contributed by atoms with van der Waals surface area (Å²) in [7, 11) is 0. The highest BCUT2D eigenvalue weighted by molar-refractivity contribution is 5.16. The zero-order valence-corrected chi connectivity index (χ0v) is 9.97. The number of hydrogen-bond donors (Lipinski definition) is 2. The minimum absolute atomic E-state index is 0.133. The molecular weight excluding hydrogens is 216 g/mol. The lowest BCUT2D eigenvalue weighted by molar-refractivity contribution is 0.0731. The van der Waals surface area contributed by atoms with Crippen molar-refractivity contribution >= 4 is 0 Å². The summed E-state index contributed by atoms with van der Waals surface area (Å²) in [6, 6.07) is 11.1. The molecule has 17 heavy (non-hydrogen) atoms. The third-order valence-electron chi connectivity index (χ3n) is 2.63. The fourth-order valence-electron chi connectivity index (χ4n) is 1.63. The lowest BCUT2D eigenvalue weighted by Crippen LogP contribution is -2.18. The molecule has 2 aromatic rings. The number of hydrogen-bond acceptors (Lipinski definition) is 2. The Labute approximate surface area is 99.5 Å². The molecule has 1 aromatic heterocycles. The third-order valence-corrected chi connectivity index (χ3v) is 2.63. The van der Waals surface area contributed by atoms with Gasteiger partial charge in [0.15, 0.2) is 0 Å². The summed E-state index contributed by atoms with van der Waals surface area (Å²) in [5.74, 6) is 0. The number of H-pyrrole nitrogens is 1. The molecule has 0 aliphatic heterocycles. The van der Waals surface area contributed by atoms with Crippen molar-refractivity contribution in [3.8, 4) is 0 Å². The highest BCUT2D eigenvalue weighted by atomic mass is 16.3. The summed E-state index contributed by atoms with van der Waals surface area (Å²) in [5.41, 5.74) is 0.407. The monoisotopic (exact) mass is 232 g/mol. The molecule has 0 aliphatic carbocycles. The average Bonchev–Trinajstić information content (AvgIpc) is 2.62. The van der Waals surface area contributed by atoms with Crippen molar-refractivity contribution in [2.45, 2.75) is 26.0 Å². The highest BCUT2D eigenvalue weighted by Gasteiger charge is 2.19. The van der Waals surface area contributed by atoms with Crippen LogP contribution in [-0.4, -0.2) is 14.9 Å². The molecule has 0 aliphatic rings. The molecule has 4 nitrogen and oxygen atoms in total. The van der Waals surface area contributed by atoms with E-state index in [-0.39, 0.29) is 5.56 Å². The Bertz CT molecular complexity index is 547. The van der Waals surface area contributed by atoms with E-state index in [1.807, 2.05) is 30.3 Å². The van der Waals surface area contributed by atoms with Crippen LogP contribution in [0.1, 0.15) is 25.1 Å². The summed E-state index contributed by atoms with van der Waals surface area (Å²) in [6.45, 7) is 3.77. The van der Waals surface area contributed by atoms with Crippen molar-refractivity contribution in [3.05, 3.63) is 58.0 Å². The maximum Gasteiger partial charge on any atom is 0.267 e. The molecule has 0 saturated carbocycles. The van der Waals surface area contributed by atoms with Crippen LogP contribution >= 0.6 is 0 Å². The normalized spacial score (nSPS) is 11.7. The zero-order chi connectivity index (χ0) is 12.5. The van der Waals surface area contributed by atoms with E-state index < -0.39 is 5.60 Å². The first-order chi connectivity index (χ1) is 7.97. The fraction of sp³-hybridized carbons (Fsp3) is 0.308. The van der Waals surface area contributed by atoms with Crippen LogP contribution in [0.25, 0.3) is 0 Å². The van der Waals surface area contributed by atoms with Crippen LogP contribution in [0.3, 0.4) is 0 Å². The largest absolute Gasteiger partial charge is 0.384 e. The predicted octanol–water partition coefficient (Wildman–Crippen LogP) is 1.45. The molecule has 0 amide bonds. The van der Waals surface area contributed by atoms with Gasteiger partial charge in [-0.1, -0.05) is 30.3 Å². The van der Waals surface area contributed by atoms with Gasteiger partial charge >= 0.3 is 0 Å². The van der Waals surface area contributed by atoms with Crippen LogP contribution in [0, 0.1) is 0 Å². The summed E-state index contributed by atoms with van der Waals surface area (Å²) in [5, 5.41) is 12.7. The Hall–Kier alpha value is -1.81. The molecule has 0 spiro atoms. The zero-order valence-electron chi connectivity index (χ0n) is 9.97. The van der Waals surface area contributed by atoms with Gasteiger partial charge in [0, 0.05) is 6.07 Å². The summed E-state index contributed by atoms with van der Waals surface area (Å²) >= 11 is 0. The molecular formula is C13H16N2O2. The lowest BCUT2D eigenvalue weighted by Gasteiger charge is -2.14. The molecule has 1 aromatic carbocycles. The SMILES string of the molecule is CC(C)(O)c1cc(=O)n(Cc2ccccc2)[nH]1. The molecule has 0 saturated heterocycles. The Morgan fingerprint density at radius 2 is 1.94 bits per heavy atom. The van der Waals surface area contributed by atoms with Crippen molar-refractivity contribution in [2.75, 3.05) is 0 Å². The quantitative estimate of drug-likeness (QED) is 0.841. The van der Waals surface area contributed by atoms with Crippen molar-refractivity contribution < 1.29 is 5.11 Å². The van der Waals surface area contributed by atoms with Gasteiger partial charge < -0.3 is 5.11 Å². The van der Waals surface area contributed by atoms with Gasteiger partial charge in [-0.2, -0.15) is 0 Å². The minimum atomic E-state index is -1.03. The topological polar surface area (TPSA) is 58.0 Å². The van der Waals surface area contributed by atoms with E-state index in [1.54, 1.807) is 13.8 Å². The molecule has 2 N–H and O–H groups in total. The van der Waals surface area contributed by atoms with E-state index in [1.165, 1.54) is 10.7 Å². The first kappa shape index (κ1) is 11.7. The Balaban J connectivity index is 2.29. The molecule has 4 heteroatoms. The molecule has 90 valence electrons. The summed E-state index contributed by atoms with van der Waals surface area (Å²) in [4.78, 5) is 11.7. The number of aromatic amines is 1. The molecule has 2 rings (SSSR count). The Morgan fingerprint density at radius 3 is 2.47 bits per heavy atom. The summed E-state index contributed by atoms with van der Waals surface area (Å²) in [6.07, 6.45) is 0. The van der Waals surface area contributed by atoms with E-state index in [2.05, 4.69) is 5.10 Å². The van der Waals surface area contributed by atoms with Gasteiger partial charge in [0.05, 0.1) is 12.2 Å². The van der Waals surface area contributed by atoms with Crippen LogP contribution in [0.4, 0.5) is 0 Å². The van der Waals surface area contributed by atoms with Crippen LogP contribution in [0.5, 0.6) is 0 Å². The van der Waals surface area contributed by atoms with Gasteiger partial charge in [0.2, 0.25) is 0 Å². The molecule has 0 unspecified atom stereocenters. The second kappa shape index (κ2) is 4.22. The predicted molar refractivity (Wildman–Crippen MR) is 65.8 cm³/mol. The maximum atomic E-state index is 11.7. The first-order valence-corrected chi connectivity index (χ1v) is 5.53. The van der Waals surface area contributed by atoms with Crippen molar-refractivity contribution in [3.63, 3.8) is 0 Å². The highest BCUT2D eigenvalue weighted by Crippen LogP contribution is 2.15. The molecule has 0 atom stereocenters. The number of nitrogens with one attached hydrogen (secondary N) is 1. The summed E-state index contributed by atoms with van der Waals surface area (Å²) < 4.78 is 1.49. The van der Waals surface area contributed by atoms with Gasteiger partial charge in [-0.15, -0.1) is 0 Å². The van der Waals surface area contributed by atoms with Crippen LogP contribution in [-0.2, 0) is 12.1 Å². The van der Waals surface area contributed by atoms with Crippen LogP contribution < -0.4 is 5.56 Å². The molecule has 1 heterocycles. The van der Waals surface area contributed by atoms with Crippen molar-refractivity contribution in [1.29, 1.82) is 0 Å². The second-order valence-corrected chi connectivity index (χ2v) is 4.64. The molecule has 0 fully saturated rings. The maximum absolute atomic E-state index is 11.7. The Kier molecular flexibility index (Phi) is 2.90. The van der Waals surface area contributed by atoms with Gasteiger partial charge in [-0.25, -0.2) is 4.68 Å². The third kappa shape index (κ3) is 2.65. The van der Waals surface area contributed by atoms with E-state index in [9.17, 15) is 9.90 Å². The van der Waals surface area contributed by atoms with Crippen molar-refractivity contribution in [2.24, 2.45) is 0 Å².